The summed E-state index contributed by atoms with van der Waals surface area (Å²) in [5.41, 5.74) is 0.501. The first-order chi connectivity index (χ1) is 15.1. The van der Waals surface area contributed by atoms with Gasteiger partial charge in [-0.25, -0.2) is 13.6 Å². The molecule has 0 atom stereocenters. The number of rotatable bonds is 4. The Morgan fingerprint density at radius 1 is 1.00 bits per heavy atom. The topological polar surface area (TPSA) is 67.4 Å². The molecule has 166 valence electrons. The van der Waals surface area contributed by atoms with Crippen molar-refractivity contribution in [1.82, 2.24) is 5.32 Å². The molecule has 0 heterocycles. The van der Waals surface area contributed by atoms with Gasteiger partial charge in [0.1, 0.15) is 28.7 Å². The summed E-state index contributed by atoms with van der Waals surface area (Å²) < 4.78 is 34.0. The maximum atomic E-state index is 13.8. The Balaban J connectivity index is 1.81. The SMILES string of the molecule is Cc1cc(Oc2ccc(Cl)cc2Br)c(Cl)c(C)c1NC(=O)NC(=O)c1c(F)cccc1F. The van der Waals surface area contributed by atoms with Crippen LogP contribution < -0.4 is 15.4 Å². The number of carbonyl (C=O) groups excluding carboxylic acids is 2. The van der Waals surface area contributed by atoms with Crippen LogP contribution in [-0.4, -0.2) is 11.9 Å². The molecule has 0 fully saturated rings. The number of amides is 3. The van der Waals surface area contributed by atoms with E-state index in [2.05, 4.69) is 21.2 Å². The Hall–Kier alpha value is -2.68. The van der Waals surface area contributed by atoms with E-state index in [9.17, 15) is 18.4 Å². The molecule has 3 rings (SSSR count). The summed E-state index contributed by atoms with van der Waals surface area (Å²) in [6.07, 6.45) is 0. The molecule has 0 aliphatic carbocycles. The van der Waals surface area contributed by atoms with Gasteiger partial charge in [-0.2, -0.15) is 0 Å². The van der Waals surface area contributed by atoms with Crippen LogP contribution in [0, 0.1) is 25.5 Å². The number of ether oxygens (including phenoxy) is 1. The first kappa shape index (κ1) is 24.0. The van der Waals surface area contributed by atoms with Gasteiger partial charge in [0.25, 0.3) is 5.91 Å². The molecule has 5 nitrogen and oxygen atoms in total. The molecule has 0 saturated heterocycles. The van der Waals surface area contributed by atoms with Gasteiger partial charge >= 0.3 is 6.03 Å². The highest BCUT2D eigenvalue weighted by atomic mass is 79.9. The second-order valence-corrected chi connectivity index (χ2v) is 8.36. The lowest BCUT2D eigenvalue weighted by Gasteiger charge is -2.17. The number of halogens is 5. The number of hydrogen-bond donors (Lipinski definition) is 2. The number of benzene rings is 3. The molecule has 32 heavy (non-hydrogen) atoms. The summed E-state index contributed by atoms with van der Waals surface area (Å²) in [4.78, 5) is 24.4. The lowest BCUT2D eigenvalue weighted by Crippen LogP contribution is -2.35. The number of anilines is 1. The summed E-state index contributed by atoms with van der Waals surface area (Å²) in [6, 6.07) is 8.57. The van der Waals surface area contributed by atoms with Crippen LogP contribution >= 0.6 is 39.1 Å². The van der Waals surface area contributed by atoms with Crippen LogP contribution in [0.1, 0.15) is 21.5 Å². The van der Waals surface area contributed by atoms with Gasteiger partial charge in [-0.1, -0.05) is 29.3 Å². The van der Waals surface area contributed by atoms with Crippen molar-refractivity contribution in [1.29, 1.82) is 0 Å². The molecule has 0 spiro atoms. The highest BCUT2D eigenvalue weighted by molar-refractivity contribution is 9.10. The zero-order chi connectivity index (χ0) is 23.6. The number of nitrogens with one attached hydrogen (secondary N) is 2. The zero-order valence-electron chi connectivity index (χ0n) is 16.7. The van der Waals surface area contributed by atoms with Crippen molar-refractivity contribution >= 4 is 56.8 Å². The molecule has 0 radical (unpaired) electrons. The monoisotopic (exact) mass is 542 g/mol. The summed E-state index contributed by atoms with van der Waals surface area (Å²) in [6.45, 7) is 3.34. The Labute approximate surface area is 200 Å². The molecule has 3 amide bonds. The van der Waals surface area contributed by atoms with Gasteiger partial charge in [0.05, 0.1) is 9.50 Å². The number of hydrogen-bond acceptors (Lipinski definition) is 3. The minimum absolute atomic E-state index is 0.222. The lowest BCUT2D eigenvalue weighted by atomic mass is 10.1. The largest absolute Gasteiger partial charge is 0.455 e. The minimum atomic E-state index is -1.22. The summed E-state index contributed by atoms with van der Waals surface area (Å²) >= 11 is 15.7. The number of urea groups is 1. The third-order valence-electron chi connectivity index (χ3n) is 4.43. The molecule has 3 aromatic carbocycles. The van der Waals surface area contributed by atoms with E-state index in [-0.39, 0.29) is 5.02 Å². The first-order valence-electron chi connectivity index (χ1n) is 9.07. The molecule has 0 bridgehead atoms. The van der Waals surface area contributed by atoms with Gasteiger partial charge in [0, 0.05) is 10.7 Å². The van der Waals surface area contributed by atoms with E-state index in [1.807, 2.05) is 5.32 Å². The van der Waals surface area contributed by atoms with Gasteiger partial charge in [-0.3, -0.25) is 10.1 Å². The van der Waals surface area contributed by atoms with E-state index in [1.165, 1.54) is 0 Å². The van der Waals surface area contributed by atoms with E-state index in [0.29, 0.717) is 37.8 Å². The third kappa shape index (κ3) is 5.20. The Kier molecular flexibility index (Phi) is 7.38. The van der Waals surface area contributed by atoms with E-state index < -0.39 is 29.1 Å². The van der Waals surface area contributed by atoms with Crippen molar-refractivity contribution in [2.75, 3.05) is 5.32 Å². The van der Waals surface area contributed by atoms with E-state index in [4.69, 9.17) is 27.9 Å². The predicted molar refractivity (Wildman–Crippen MR) is 123 cm³/mol. The third-order valence-corrected chi connectivity index (χ3v) is 5.76. The van der Waals surface area contributed by atoms with Crippen molar-refractivity contribution in [2.24, 2.45) is 0 Å². The molecule has 0 aliphatic rings. The normalized spacial score (nSPS) is 10.6. The van der Waals surface area contributed by atoms with Crippen molar-refractivity contribution in [3.63, 3.8) is 0 Å². The highest BCUT2D eigenvalue weighted by Gasteiger charge is 2.21. The van der Waals surface area contributed by atoms with Crippen LogP contribution in [0.25, 0.3) is 0 Å². The van der Waals surface area contributed by atoms with Crippen LogP contribution in [0.3, 0.4) is 0 Å². The van der Waals surface area contributed by atoms with Gasteiger partial charge in [0.2, 0.25) is 0 Å². The Morgan fingerprint density at radius 2 is 1.66 bits per heavy atom. The van der Waals surface area contributed by atoms with Crippen molar-refractivity contribution in [2.45, 2.75) is 13.8 Å². The number of aryl methyl sites for hydroxylation is 1. The van der Waals surface area contributed by atoms with E-state index in [0.717, 1.165) is 18.2 Å². The average Bonchev–Trinajstić information content (AvgIpc) is 2.71. The van der Waals surface area contributed by atoms with E-state index in [1.54, 1.807) is 38.1 Å². The van der Waals surface area contributed by atoms with Gasteiger partial charge in [-0.15, -0.1) is 0 Å². The van der Waals surface area contributed by atoms with E-state index >= 15 is 0 Å². The molecule has 0 saturated carbocycles. The first-order valence-corrected chi connectivity index (χ1v) is 10.6. The minimum Gasteiger partial charge on any atom is -0.455 e. The predicted octanol–water partition coefficient (Wildman–Crippen LogP) is 7.41. The van der Waals surface area contributed by atoms with Crippen LogP contribution in [0.15, 0.2) is 46.9 Å². The van der Waals surface area contributed by atoms with Gasteiger partial charge < -0.3 is 10.1 Å². The Morgan fingerprint density at radius 3 is 2.28 bits per heavy atom. The van der Waals surface area contributed by atoms with Crippen molar-refractivity contribution in [3.05, 3.63) is 85.3 Å². The van der Waals surface area contributed by atoms with Crippen LogP contribution in [0.5, 0.6) is 11.5 Å². The Bertz CT molecular complexity index is 1220. The van der Waals surface area contributed by atoms with Crippen LogP contribution in [0.2, 0.25) is 10.0 Å². The molecule has 0 unspecified atom stereocenters. The molecule has 2 N–H and O–H groups in total. The molecular weight excluding hydrogens is 529 g/mol. The fourth-order valence-corrected chi connectivity index (χ4v) is 3.84. The number of carbonyl (C=O) groups is 2. The quantitative estimate of drug-likeness (QED) is 0.360. The van der Waals surface area contributed by atoms with Crippen LogP contribution in [0.4, 0.5) is 19.3 Å². The molecule has 0 aromatic heterocycles. The fourth-order valence-electron chi connectivity index (χ4n) is 2.89. The molecule has 3 aromatic rings. The lowest BCUT2D eigenvalue weighted by molar-refractivity contribution is 0.0959. The van der Waals surface area contributed by atoms with Crippen molar-refractivity contribution in [3.8, 4) is 11.5 Å². The fraction of sp³-hybridized carbons (Fsp3) is 0.0909. The second kappa shape index (κ2) is 9.85. The van der Waals surface area contributed by atoms with Gasteiger partial charge in [0.15, 0.2) is 0 Å². The molecular formula is C22H15BrCl2F2N2O3. The standard InChI is InChI=1S/C22H15BrCl2F2N2O3/c1-10-8-17(32-16-7-6-12(24)9-13(16)23)19(25)11(2)20(10)28-22(31)29-21(30)18-14(26)4-3-5-15(18)27/h3-9H,1-2H3,(H2,28,29,30,31). The molecule has 10 heteroatoms. The maximum Gasteiger partial charge on any atom is 0.326 e. The summed E-state index contributed by atoms with van der Waals surface area (Å²) in [5.74, 6) is -2.57. The smallest absolute Gasteiger partial charge is 0.326 e. The average molecular weight is 544 g/mol. The van der Waals surface area contributed by atoms with Gasteiger partial charge in [-0.05, 0) is 77.3 Å². The summed E-state index contributed by atoms with van der Waals surface area (Å²) in [5, 5.41) is 5.14. The second-order valence-electron chi connectivity index (χ2n) is 6.69. The maximum absolute atomic E-state index is 13.8. The van der Waals surface area contributed by atoms with Crippen LogP contribution in [-0.2, 0) is 0 Å². The zero-order valence-corrected chi connectivity index (χ0v) is 19.8. The van der Waals surface area contributed by atoms with Crippen molar-refractivity contribution < 1.29 is 23.1 Å². The molecule has 0 aliphatic heterocycles. The highest BCUT2D eigenvalue weighted by Crippen LogP contribution is 2.40. The summed E-state index contributed by atoms with van der Waals surface area (Å²) in [7, 11) is 0. The number of imide groups is 1.